The van der Waals surface area contributed by atoms with Crippen LogP contribution in [0, 0.1) is 5.82 Å². The number of halogens is 2. The first kappa shape index (κ1) is 16.7. The van der Waals surface area contributed by atoms with Gasteiger partial charge in [0.25, 0.3) is 0 Å². The molecule has 0 bridgehead atoms. The summed E-state index contributed by atoms with van der Waals surface area (Å²) in [5.41, 5.74) is 9.99. The van der Waals surface area contributed by atoms with Gasteiger partial charge in [0.05, 0.1) is 12.2 Å². The Hall–Kier alpha value is -1.38. The van der Waals surface area contributed by atoms with Gasteiger partial charge in [-0.05, 0) is 26.0 Å². The van der Waals surface area contributed by atoms with E-state index in [9.17, 15) is 17.6 Å². The minimum Gasteiger partial charge on any atom is -0.396 e. The Bertz CT molecular complexity index is 634. The second kappa shape index (κ2) is 5.94. The molecule has 0 heterocycles. The number of hydrogen-bond acceptors (Lipinski definition) is 4. The second-order valence-electron chi connectivity index (χ2n) is 4.42. The summed E-state index contributed by atoms with van der Waals surface area (Å²) < 4.78 is 39.5. The molecule has 0 aliphatic carbocycles. The zero-order chi connectivity index (χ0) is 15.7. The summed E-state index contributed by atoms with van der Waals surface area (Å²) in [5.74, 6) is -1.96. The molecule has 1 aromatic carbocycles. The van der Waals surface area contributed by atoms with Crippen molar-refractivity contribution < 1.29 is 17.6 Å². The summed E-state index contributed by atoms with van der Waals surface area (Å²) in [6, 6.07) is 1.45. The summed E-state index contributed by atoms with van der Waals surface area (Å²) >= 11 is 5.70. The summed E-state index contributed by atoms with van der Waals surface area (Å²) in [6.45, 7) is 2.50. The van der Waals surface area contributed by atoms with Crippen LogP contribution in [0.5, 0.6) is 0 Å². The Morgan fingerprint density at radius 2 is 2.00 bits per heavy atom. The van der Waals surface area contributed by atoms with Crippen molar-refractivity contribution in [1.82, 2.24) is 4.31 Å². The summed E-state index contributed by atoms with van der Waals surface area (Å²) in [4.78, 5) is 10.3. The first-order valence-electron chi connectivity index (χ1n) is 5.62. The smallest absolute Gasteiger partial charge is 0.246 e. The average Bonchev–Trinajstić information content (AvgIpc) is 2.29. The number of nitrogen functional groups attached to an aromatic ring is 1. The molecule has 0 saturated carbocycles. The lowest BCUT2D eigenvalue weighted by Gasteiger charge is -2.25. The molecule has 1 aromatic rings. The number of nitrogens with zero attached hydrogens (tertiary/aromatic N) is 1. The highest BCUT2D eigenvalue weighted by atomic mass is 35.5. The van der Waals surface area contributed by atoms with Gasteiger partial charge in [-0.3, -0.25) is 4.79 Å². The topological polar surface area (TPSA) is 106 Å². The standard InChI is InChI=1S/C11H15ClFN3O3S/c1-6(2)16(5-10(15)17)20(18,19)9-4-7(12)3-8(14)11(9)13/h3-4,6H,5,14H2,1-2H3,(H2,15,17). The Balaban J connectivity index is 3.45. The summed E-state index contributed by atoms with van der Waals surface area (Å²) in [5, 5.41) is -0.0229. The van der Waals surface area contributed by atoms with E-state index in [2.05, 4.69) is 0 Å². The number of carbonyl (C=O) groups excluding carboxylic acids is 1. The number of anilines is 1. The number of nitrogens with two attached hydrogens (primary N) is 2. The molecule has 6 nitrogen and oxygen atoms in total. The molecule has 1 rings (SSSR count). The lowest BCUT2D eigenvalue weighted by molar-refractivity contribution is -0.118. The maximum atomic E-state index is 13.9. The van der Waals surface area contributed by atoms with E-state index in [0.29, 0.717) is 0 Å². The van der Waals surface area contributed by atoms with Crippen LogP contribution >= 0.6 is 11.6 Å². The molecule has 0 spiro atoms. The quantitative estimate of drug-likeness (QED) is 0.786. The van der Waals surface area contributed by atoms with E-state index >= 15 is 0 Å². The zero-order valence-corrected chi connectivity index (χ0v) is 12.5. The van der Waals surface area contributed by atoms with Gasteiger partial charge in [-0.1, -0.05) is 11.6 Å². The van der Waals surface area contributed by atoms with Crippen LogP contribution in [0.4, 0.5) is 10.1 Å². The molecular formula is C11H15ClFN3O3S. The molecule has 1 amide bonds. The molecule has 0 aromatic heterocycles. The number of primary amides is 1. The van der Waals surface area contributed by atoms with Crippen molar-refractivity contribution in [3.63, 3.8) is 0 Å². The molecule has 0 fully saturated rings. The first-order chi connectivity index (χ1) is 9.07. The van der Waals surface area contributed by atoms with Crippen LogP contribution in [-0.4, -0.2) is 31.2 Å². The number of hydrogen-bond donors (Lipinski definition) is 2. The monoisotopic (exact) mass is 323 g/mol. The third-order valence-corrected chi connectivity index (χ3v) is 4.75. The van der Waals surface area contributed by atoms with Gasteiger partial charge in [-0.15, -0.1) is 0 Å². The largest absolute Gasteiger partial charge is 0.396 e. The summed E-state index contributed by atoms with van der Waals surface area (Å²) in [6.07, 6.45) is 0. The van der Waals surface area contributed by atoms with Gasteiger partial charge >= 0.3 is 0 Å². The molecule has 0 aliphatic rings. The highest BCUT2D eigenvalue weighted by molar-refractivity contribution is 7.89. The Labute approximate surface area is 121 Å². The molecular weight excluding hydrogens is 309 g/mol. The van der Waals surface area contributed by atoms with Crippen molar-refractivity contribution >= 4 is 33.2 Å². The fraction of sp³-hybridized carbons (Fsp3) is 0.364. The van der Waals surface area contributed by atoms with Crippen molar-refractivity contribution in [3.05, 3.63) is 23.0 Å². The third-order valence-electron chi connectivity index (χ3n) is 2.51. The van der Waals surface area contributed by atoms with Gasteiger partial charge in [0.15, 0.2) is 5.82 Å². The van der Waals surface area contributed by atoms with E-state index < -0.39 is 39.2 Å². The normalized spacial score (nSPS) is 12.1. The van der Waals surface area contributed by atoms with Crippen molar-refractivity contribution in [2.24, 2.45) is 5.73 Å². The zero-order valence-electron chi connectivity index (χ0n) is 10.9. The van der Waals surface area contributed by atoms with Gasteiger partial charge in [0.1, 0.15) is 4.90 Å². The number of benzene rings is 1. The fourth-order valence-corrected chi connectivity index (χ4v) is 3.61. The van der Waals surface area contributed by atoms with Crippen molar-refractivity contribution in [2.45, 2.75) is 24.8 Å². The highest BCUT2D eigenvalue weighted by Gasteiger charge is 2.31. The maximum absolute atomic E-state index is 13.9. The lowest BCUT2D eigenvalue weighted by Crippen LogP contribution is -2.43. The number of carbonyl (C=O) groups is 1. The predicted octanol–water partition coefficient (Wildman–Crippen LogP) is 0.946. The van der Waals surface area contributed by atoms with E-state index in [-0.39, 0.29) is 10.7 Å². The van der Waals surface area contributed by atoms with Crippen LogP contribution in [0.25, 0.3) is 0 Å². The van der Waals surface area contributed by atoms with Gasteiger partial charge < -0.3 is 11.5 Å². The predicted molar refractivity (Wildman–Crippen MR) is 74.0 cm³/mol. The maximum Gasteiger partial charge on any atom is 0.246 e. The van der Waals surface area contributed by atoms with Crippen LogP contribution in [0.3, 0.4) is 0 Å². The second-order valence-corrected chi connectivity index (χ2v) is 6.71. The minimum atomic E-state index is -4.28. The van der Waals surface area contributed by atoms with Crippen molar-refractivity contribution in [3.8, 4) is 0 Å². The minimum absolute atomic E-state index is 0.0229. The van der Waals surface area contributed by atoms with Gasteiger partial charge in [-0.2, -0.15) is 4.31 Å². The lowest BCUT2D eigenvalue weighted by atomic mass is 10.3. The third kappa shape index (κ3) is 3.38. The van der Waals surface area contributed by atoms with Crippen LogP contribution in [0.15, 0.2) is 17.0 Å². The van der Waals surface area contributed by atoms with Crippen LogP contribution in [0.1, 0.15) is 13.8 Å². The SMILES string of the molecule is CC(C)N(CC(N)=O)S(=O)(=O)c1cc(Cl)cc(N)c1F. The van der Waals surface area contributed by atoms with Crippen LogP contribution in [0.2, 0.25) is 5.02 Å². The fourth-order valence-electron chi connectivity index (χ4n) is 1.60. The number of amides is 1. The number of rotatable bonds is 5. The van der Waals surface area contributed by atoms with Gasteiger partial charge in [-0.25, -0.2) is 12.8 Å². The Morgan fingerprint density at radius 1 is 1.45 bits per heavy atom. The first-order valence-corrected chi connectivity index (χ1v) is 7.43. The van der Waals surface area contributed by atoms with E-state index in [1.807, 2.05) is 0 Å². The summed E-state index contributed by atoms with van der Waals surface area (Å²) in [7, 11) is -4.28. The molecule has 0 unspecified atom stereocenters. The average molecular weight is 324 g/mol. The molecule has 4 N–H and O–H groups in total. The van der Waals surface area contributed by atoms with Crippen molar-refractivity contribution in [2.75, 3.05) is 12.3 Å². The number of sulfonamides is 1. The highest BCUT2D eigenvalue weighted by Crippen LogP contribution is 2.28. The molecule has 0 atom stereocenters. The molecule has 0 radical (unpaired) electrons. The van der Waals surface area contributed by atoms with E-state index in [1.165, 1.54) is 13.8 Å². The molecule has 0 saturated heterocycles. The molecule has 20 heavy (non-hydrogen) atoms. The molecule has 9 heteroatoms. The van der Waals surface area contributed by atoms with E-state index in [0.717, 1.165) is 16.4 Å². The van der Waals surface area contributed by atoms with Gasteiger partial charge in [0.2, 0.25) is 15.9 Å². The Kier molecular flexibility index (Phi) is 4.95. The van der Waals surface area contributed by atoms with Gasteiger partial charge in [0, 0.05) is 11.1 Å². The van der Waals surface area contributed by atoms with E-state index in [1.54, 1.807) is 0 Å². The Morgan fingerprint density at radius 3 is 2.45 bits per heavy atom. The van der Waals surface area contributed by atoms with Crippen molar-refractivity contribution in [1.29, 1.82) is 0 Å². The van der Waals surface area contributed by atoms with Crippen LogP contribution < -0.4 is 11.5 Å². The van der Waals surface area contributed by atoms with Crippen LogP contribution in [-0.2, 0) is 14.8 Å². The molecule has 0 aliphatic heterocycles. The van der Waals surface area contributed by atoms with E-state index in [4.69, 9.17) is 23.1 Å². The molecule has 112 valence electrons.